The number of ether oxygens (including phenoxy) is 1. The number of nitrogens with one attached hydrogen (secondary N) is 1. The van der Waals surface area contributed by atoms with Gasteiger partial charge in [0.15, 0.2) is 18.2 Å². The Labute approximate surface area is 125 Å². The second kappa shape index (κ2) is 7.56. The van der Waals surface area contributed by atoms with Gasteiger partial charge in [-0.1, -0.05) is 13.3 Å². The van der Waals surface area contributed by atoms with Crippen LogP contribution in [-0.4, -0.2) is 27.5 Å². The lowest BCUT2D eigenvalue weighted by Crippen LogP contribution is -2.29. The van der Waals surface area contributed by atoms with E-state index < -0.39 is 43.8 Å². The summed E-state index contributed by atoms with van der Waals surface area (Å²) in [4.78, 5) is 10.4. The summed E-state index contributed by atoms with van der Waals surface area (Å²) in [6.07, 6.45) is 1.69. The van der Waals surface area contributed by atoms with E-state index in [9.17, 15) is 22.0 Å². The molecule has 9 heteroatoms. The van der Waals surface area contributed by atoms with Crippen LogP contribution >= 0.6 is 10.7 Å². The van der Waals surface area contributed by atoms with Gasteiger partial charge >= 0.3 is 0 Å². The summed E-state index contributed by atoms with van der Waals surface area (Å²) < 4.78 is 53.9. The average molecular weight is 342 g/mol. The molecule has 0 heterocycles. The van der Waals surface area contributed by atoms with E-state index >= 15 is 0 Å². The molecule has 0 aliphatic heterocycles. The number of carbonyl (C=O) groups is 1. The Hall–Kier alpha value is -1.41. The fourth-order valence-corrected chi connectivity index (χ4v) is 2.30. The summed E-state index contributed by atoms with van der Waals surface area (Å²) in [5.41, 5.74) is 0. The lowest BCUT2D eigenvalue weighted by atomic mass is 10.3. The average Bonchev–Trinajstić information content (AvgIpc) is 2.39. The Morgan fingerprint density at radius 3 is 2.57 bits per heavy atom. The molecule has 0 bridgehead atoms. The molecular weight excluding hydrogens is 328 g/mol. The van der Waals surface area contributed by atoms with E-state index in [1.165, 1.54) is 0 Å². The maximum atomic E-state index is 13.6. The van der Waals surface area contributed by atoms with Gasteiger partial charge in [-0.2, -0.15) is 4.39 Å². The monoisotopic (exact) mass is 341 g/mol. The zero-order valence-electron chi connectivity index (χ0n) is 11.2. The van der Waals surface area contributed by atoms with Crippen molar-refractivity contribution < 1.29 is 26.7 Å². The van der Waals surface area contributed by atoms with Crippen LogP contribution in [0.15, 0.2) is 17.0 Å². The van der Waals surface area contributed by atoms with Gasteiger partial charge in [0.05, 0.1) is 0 Å². The number of carbonyl (C=O) groups excluding carboxylic acids is 1. The third-order valence-electron chi connectivity index (χ3n) is 2.49. The molecule has 0 aliphatic carbocycles. The van der Waals surface area contributed by atoms with Crippen LogP contribution in [0.5, 0.6) is 5.75 Å². The molecule has 0 aliphatic rings. The largest absolute Gasteiger partial charge is 0.481 e. The van der Waals surface area contributed by atoms with Gasteiger partial charge < -0.3 is 10.1 Å². The van der Waals surface area contributed by atoms with Crippen molar-refractivity contribution in [2.45, 2.75) is 24.7 Å². The fourth-order valence-electron chi connectivity index (χ4n) is 1.41. The number of hydrogen-bond acceptors (Lipinski definition) is 4. The molecular formula is C12H14ClF2NO4S. The Morgan fingerprint density at radius 1 is 1.33 bits per heavy atom. The third kappa shape index (κ3) is 5.13. The molecule has 21 heavy (non-hydrogen) atoms. The summed E-state index contributed by atoms with van der Waals surface area (Å²) >= 11 is 0. The second-order valence-electron chi connectivity index (χ2n) is 4.12. The van der Waals surface area contributed by atoms with Gasteiger partial charge in [0.2, 0.25) is 5.82 Å². The molecule has 0 saturated carbocycles. The van der Waals surface area contributed by atoms with Gasteiger partial charge in [-0.15, -0.1) is 0 Å². The maximum Gasteiger partial charge on any atom is 0.264 e. The molecule has 118 valence electrons. The topological polar surface area (TPSA) is 72.5 Å². The lowest BCUT2D eigenvalue weighted by Gasteiger charge is -2.09. The third-order valence-corrected chi connectivity index (χ3v) is 3.82. The fraction of sp³-hybridized carbons (Fsp3) is 0.417. The van der Waals surface area contributed by atoms with Gasteiger partial charge in [0.1, 0.15) is 4.90 Å². The summed E-state index contributed by atoms with van der Waals surface area (Å²) in [7, 11) is 0.551. The van der Waals surface area contributed by atoms with E-state index in [1.807, 2.05) is 6.92 Å². The standard InChI is InChI=1S/C12H14ClF2NO4S/c1-2-3-6-16-10(17)7-20-8-4-5-9(21(13,18)19)12(15)11(8)14/h4-5H,2-3,6-7H2,1H3,(H,16,17). The Morgan fingerprint density at radius 2 is 2.00 bits per heavy atom. The van der Waals surface area contributed by atoms with Crippen molar-refractivity contribution in [1.29, 1.82) is 0 Å². The first-order chi connectivity index (χ1) is 9.77. The quantitative estimate of drug-likeness (QED) is 0.609. The number of benzene rings is 1. The number of unbranched alkanes of at least 4 members (excludes halogenated alkanes) is 1. The van der Waals surface area contributed by atoms with Crippen LogP contribution in [0.4, 0.5) is 8.78 Å². The Balaban J connectivity index is 2.74. The highest BCUT2D eigenvalue weighted by atomic mass is 35.7. The van der Waals surface area contributed by atoms with Crippen molar-refractivity contribution >= 4 is 25.6 Å². The van der Waals surface area contributed by atoms with Crippen LogP contribution in [0.25, 0.3) is 0 Å². The molecule has 0 atom stereocenters. The van der Waals surface area contributed by atoms with Crippen LogP contribution in [0.2, 0.25) is 0 Å². The van der Waals surface area contributed by atoms with Crippen molar-refractivity contribution in [3.05, 3.63) is 23.8 Å². The van der Waals surface area contributed by atoms with Gasteiger partial charge in [0.25, 0.3) is 15.0 Å². The molecule has 0 saturated heterocycles. The van der Waals surface area contributed by atoms with Crippen molar-refractivity contribution in [1.82, 2.24) is 5.32 Å². The van der Waals surface area contributed by atoms with Crippen molar-refractivity contribution in [3.63, 3.8) is 0 Å². The molecule has 1 N–H and O–H groups in total. The smallest absolute Gasteiger partial charge is 0.264 e. The maximum absolute atomic E-state index is 13.6. The van der Waals surface area contributed by atoms with Crippen LogP contribution in [0.1, 0.15) is 19.8 Å². The molecule has 1 amide bonds. The van der Waals surface area contributed by atoms with Gasteiger partial charge in [-0.05, 0) is 18.6 Å². The van der Waals surface area contributed by atoms with Crippen LogP contribution in [0, 0.1) is 11.6 Å². The lowest BCUT2D eigenvalue weighted by molar-refractivity contribution is -0.123. The van der Waals surface area contributed by atoms with Crippen LogP contribution < -0.4 is 10.1 Å². The number of rotatable bonds is 7. The summed E-state index contributed by atoms with van der Waals surface area (Å²) in [5, 5.41) is 2.53. The molecule has 1 aromatic carbocycles. The molecule has 0 fully saturated rings. The second-order valence-corrected chi connectivity index (χ2v) is 6.65. The Kier molecular flexibility index (Phi) is 6.35. The first-order valence-corrected chi connectivity index (χ1v) is 8.40. The number of halogens is 3. The number of hydrogen-bond donors (Lipinski definition) is 1. The minimum atomic E-state index is -4.40. The van der Waals surface area contributed by atoms with Crippen LogP contribution in [-0.2, 0) is 13.8 Å². The summed E-state index contributed by atoms with van der Waals surface area (Å²) in [6.45, 7) is 1.90. The van der Waals surface area contributed by atoms with E-state index in [1.54, 1.807) is 0 Å². The SMILES string of the molecule is CCCCNC(=O)COc1ccc(S(=O)(=O)Cl)c(F)c1F. The van der Waals surface area contributed by atoms with E-state index in [2.05, 4.69) is 5.32 Å². The minimum Gasteiger partial charge on any atom is -0.481 e. The molecule has 5 nitrogen and oxygen atoms in total. The van der Waals surface area contributed by atoms with Gasteiger partial charge in [-0.25, -0.2) is 12.8 Å². The first kappa shape index (κ1) is 17.6. The minimum absolute atomic E-state index is 0.457. The molecule has 0 unspecified atom stereocenters. The van der Waals surface area contributed by atoms with E-state index in [-0.39, 0.29) is 0 Å². The molecule has 1 rings (SSSR count). The summed E-state index contributed by atoms with van der Waals surface area (Å²) in [6, 6.07) is 1.66. The predicted octanol–water partition coefficient (Wildman–Crippen LogP) is 2.19. The van der Waals surface area contributed by atoms with Gasteiger partial charge in [0, 0.05) is 17.2 Å². The van der Waals surface area contributed by atoms with E-state index in [0.717, 1.165) is 25.0 Å². The zero-order chi connectivity index (χ0) is 16.0. The Bertz CT molecular complexity index is 622. The van der Waals surface area contributed by atoms with Crippen LogP contribution in [0.3, 0.4) is 0 Å². The van der Waals surface area contributed by atoms with Crippen molar-refractivity contribution in [3.8, 4) is 5.75 Å². The summed E-state index contributed by atoms with van der Waals surface area (Å²) in [5.74, 6) is -4.22. The highest BCUT2D eigenvalue weighted by Gasteiger charge is 2.22. The van der Waals surface area contributed by atoms with Gasteiger partial charge in [-0.3, -0.25) is 4.79 Å². The zero-order valence-corrected chi connectivity index (χ0v) is 12.7. The van der Waals surface area contributed by atoms with E-state index in [4.69, 9.17) is 15.4 Å². The van der Waals surface area contributed by atoms with E-state index in [0.29, 0.717) is 6.54 Å². The highest BCUT2D eigenvalue weighted by Crippen LogP contribution is 2.27. The highest BCUT2D eigenvalue weighted by molar-refractivity contribution is 8.13. The predicted molar refractivity (Wildman–Crippen MR) is 72.8 cm³/mol. The molecule has 0 aromatic heterocycles. The number of amides is 1. The molecule has 0 radical (unpaired) electrons. The first-order valence-electron chi connectivity index (χ1n) is 6.09. The molecule has 0 spiro atoms. The van der Waals surface area contributed by atoms with Crippen molar-refractivity contribution in [2.24, 2.45) is 0 Å². The van der Waals surface area contributed by atoms with Crippen molar-refractivity contribution in [2.75, 3.05) is 13.2 Å². The molecule has 1 aromatic rings. The normalized spacial score (nSPS) is 11.2.